The third-order valence-electron chi connectivity index (χ3n) is 4.95. The van der Waals surface area contributed by atoms with E-state index in [2.05, 4.69) is 38.8 Å². The lowest BCUT2D eigenvalue weighted by Gasteiger charge is -2.15. The van der Waals surface area contributed by atoms with Gasteiger partial charge in [-0.25, -0.2) is 0 Å². The van der Waals surface area contributed by atoms with Crippen molar-refractivity contribution in [3.63, 3.8) is 0 Å². The SMILES string of the molecule is CCCCCCCCCCCCCCCCOC(=O)CCCC(Br)C(F)(F)Br. The first-order valence-electron chi connectivity index (χ1n) is 11.2. The Balaban J connectivity index is 3.25. The molecule has 2 nitrogen and oxygen atoms in total. The van der Waals surface area contributed by atoms with Crippen LogP contribution in [0.1, 0.15) is 116 Å². The number of unbranched alkanes of at least 4 members (excludes halogenated alkanes) is 13. The summed E-state index contributed by atoms with van der Waals surface area (Å²) in [6.07, 6.45) is 19.0. The number of esters is 1. The maximum atomic E-state index is 12.9. The lowest BCUT2D eigenvalue weighted by Crippen LogP contribution is -2.21. The highest BCUT2D eigenvalue weighted by molar-refractivity contribution is 9.12. The van der Waals surface area contributed by atoms with Gasteiger partial charge in [0.1, 0.15) is 0 Å². The smallest absolute Gasteiger partial charge is 0.313 e. The van der Waals surface area contributed by atoms with Crippen LogP contribution in [0.2, 0.25) is 0 Å². The number of hydrogen-bond donors (Lipinski definition) is 0. The molecule has 0 radical (unpaired) electrons. The fourth-order valence-corrected chi connectivity index (χ4v) is 3.70. The monoisotopic (exact) mass is 532 g/mol. The van der Waals surface area contributed by atoms with Crippen molar-refractivity contribution in [1.82, 2.24) is 0 Å². The lowest BCUT2D eigenvalue weighted by atomic mass is 10.0. The number of hydrogen-bond acceptors (Lipinski definition) is 2. The third-order valence-corrected chi connectivity index (χ3v) is 7.15. The topological polar surface area (TPSA) is 26.3 Å². The van der Waals surface area contributed by atoms with Gasteiger partial charge in [-0.2, -0.15) is 8.78 Å². The Morgan fingerprint density at radius 1 is 0.821 bits per heavy atom. The van der Waals surface area contributed by atoms with Crippen LogP contribution in [-0.4, -0.2) is 22.2 Å². The summed E-state index contributed by atoms with van der Waals surface area (Å²) in [7, 11) is 0. The molecule has 0 N–H and O–H groups in total. The molecular formula is C22H40Br2F2O2. The molecule has 0 fully saturated rings. The fourth-order valence-electron chi connectivity index (χ4n) is 3.14. The highest BCUT2D eigenvalue weighted by Gasteiger charge is 2.33. The van der Waals surface area contributed by atoms with Crippen molar-refractivity contribution in [1.29, 1.82) is 0 Å². The number of rotatable bonds is 20. The van der Waals surface area contributed by atoms with Crippen molar-refractivity contribution in [2.75, 3.05) is 6.61 Å². The molecule has 0 bridgehead atoms. The molecule has 1 atom stereocenters. The molecule has 0 aromatic rings. The van der Waals surface area contributed by atoms with E-state index in [1.807, 2.05) is 0 Å². The molecule has 0 amide bonds. The molecular weight excluding hydrogens is 494 g/mol. The Bertz CT molecular complexity index is 363. The Labute approximate surface area is 188 Å². The van der Waals surface area contributed by atoms with Gasteiger partial charge in [-0.3, -0.25) is 4.79 Å². The van der Waals surface area contributed by atoms with Gasteiger partial charge >= 0.3 is 10.8 Å². The molecule has 0 rings (SSSR count). The van der Waals surface area contributed by atoms with Crippen LogP contribution in [0.4, 0.5) is 8.78 Å². The molecule has 0 aliphatic heterocycles. The second-order valence-corrected chi connectivity index (χ2v) is 9.88. The van der Waals surface area contributed by atoms with Gasteiger partial charge in [-0.05, 0) is 35.2 Å². The fraction of sp³-hybridized carbons (Fsp3) is 0.955. The average molecular weight is 534 g/mol. The Hall–Kier alpha value is 0.290. The first-order valence-corrected chi connectivity index (χ1v) is 12.9. The van der Waals surface area contributed by atoms with Gasteiger partial charge < -0.3 is 4.74 Å². The van der Waals surface area contributed by atoms with Crippen LogP contribution in [0, 0.1) is 0 Å². The highest BCUT2D eigenvalue weighted by Crippen LogP contribution is 2.34. The molecule has 0 spiro atoms. The van der Waals surface area contributed by atoms with Gasteiger partial charge in [0.25, 0.3) is 0 Å². The highest BCUT2D eigenvalue weighted by atomic mass is 79.9. The Morgan fingerprint density at radius 3 is 1.68 bits per heavy atom. The van der Waals surface area contributed by atoms with Gasteiger partial charge in [-0.1, -0.05) is 106 Å². The van der Waals surface area contributed by atoms with Crippen LogP contribution < -0.4 is 0 Å². The van der Waals surface area contributed by atoms with Gasteiger partial charge in [0.05, 0.1) is 11.4 Å². The van der Waals surface area contributed by atoms with Crippen LogP contribution in [0.3, 0.4) is 0 Å². The van der Waals surface area contributed by atoms with E-state index in [1.165, 1.54) is 77.0 Å². The quantitative estimate of drug-likeness (QED) is 0.0886. The third kappa shape index (κ3) is 19.6. The summed E-state index contributed by atoms with van der Waals surface area (Å²) in [4.78, 5) is 7.67. The van der Waals surface area contributed by atoms with E-state index in [1.54, 1.807) is 0 Å². The summed E-state index contributed by atoms with van der Waals surface area (Å²) < 4.78 is 31.0. The molecule has 0 saturated heterocycles. The van der Waals surface area contributed by atoms with E-state index < -0.39 is 9.66 Å². The second-order valence-electron chi connectivity index (χ2n) is 7.72. The van der Waals surface area contributed by atoms with E-state index in [0.29, 0.717) is 13.0 Å². The van der Waals surface area contributed by atoms with Crippen molar-refractivity contribution < 1.29 is 18.3 Å². The van der Waals surface area contributed by atoms with Crippen LogP contribution in [0.5, 0.6) is 0 Å². The van der Waals surface area contributed by atoms with Gasteiger partial charge in [-0.15, -0.1) is 0 Å². The van der Waals surface area contributed by atoms with E-state index in [4.69, 9.17) is 4.74 Å². The summed E-state index contributed by atoms with van der Waals surface area (Å²) in [5, 5.41) is 0. The molecule has 0 saturated carbocycles. The van der Waals surface area contributed by atoms with Crippen molar-refractivity contribution in [3.8, 4) is 0 Å². The van der Waals surface area contributed by atoms with Crippen LogP contribution in [0.25, 0.3) is 0 Å². The zero-order valence-corrected chi connectivity index (χ0v) is 20.8. The Morgan fingerprint density at radius 2 is 1.25 bits per heavy atom. The van der Waals surface area contributed by atoms with Crippen LogP contribution in [-0.2, 0) is 9.53 Å². The van der Waals surface area contributed by atoms with Crippen molar-refractivity contribution in [3.05, 3.63) is 0 Å². The maximum Gasteiger partial charge on any atom is 0.313 e. The maximum absolute atomic E-state index is 12.9. The summed E-state index contributed by atoms with van der Waals surface area (Å²) in [6.45, 7) is 2.70. The van der Waals surface area contributed by atoms with E-state index in [-0.39, 0.29) is 18.8 Å². The number of ether oxygens (including phenoxy) is 1. The largest absolute Gasteiger partial charge is 0.466 e. The number of alkyl halides is 4. The number of halogens is 4. The van der Waals surface area contributed by atoms with Crippen molar-refractivity contribution in [2.24, 2.45) is 0 Å². The van der Waals surface area contributed by atoms with Gasteiger partial charge in [0.2, 0.25) is 0 Å². The predicted octanol–water partition coefficient (Wildman–Crippen LogP) is 8.93. The van der Waals surface area contributed by atoms with Crippen LogP contribution >= 0.6 is 31.9 Å². The molecule has 0 aliphatic carbocycles. The summed E-state index contributed by atoms with van der Waals surface area (Å²) in [6, 6.07) is 0. The molecule has 0 aliphatic rings. The Kier molecular flexibility index (Phi) is 19.5. The van der Waals surface area contributed by atoms with Crippen molar-refractivity contribution >= 4 is 37.8 Å². The minimum atomic E-state index is -2.94. The van der Waals surface area contributed by atoms with E-state index >= 15 is 0 Å². The summed E-state index contributed by atoms with van der Waals surface area (Å²) >= 11 is 5.24. The lowest BCUT2D eigenvalue weighted by molar-refractivity contribution is -0.143. The van der Waals surface area contributed by atoms with E-state index in [9.17, 15) is 13.6 Å². The summed E-state index contributed by atoms with van der Waals surface area (Å²) in [5.41, 5.74) is 0. The number of carbonyl (C=O) groups is 1. The first-order chi connectivity index (χ1) is 13.4. The predicted molar refractivity (Wildman–Crippen MR) is 122 cm³/mol. The standard InChI is InChI=1S/C22H40Br2F2O2/c1-2-3-4-5-6-7-8-9-10-11-12-13-14-15-19-28-21(27)18-16-17-20(23)22(24,25)26/h20H,2-19H2,1H3. The van der Waals surface area contributed by atoms with Crippen molar-refractivity contribution in [2.45, 2.75) is 126 Å². The molecule has 0 heterocycles. The molecule has 6 heteroatoms. The zero-order chi connectivity index (χ0) is 21.1. The second kappa shape index (κ2) is 19.3. The zero-order valence-electron chi connectivity index (χ0n) is 17.6. The van der Waals surface area contributed by atoms with Gasteiger partial charge in [0, 0.05) is 6.42 Å². The molecule has 28 heavy (non-hydrogen) atoms. The minimum absolute atomic E-state index is 0.198. The van der Waals surface area contributed by atoms with Crippen LogP contribution in [0.15, 0.2) is 0 Å². The number of carbonyl (C=O) groups excluding carboxylic acids is 1. The molecule has 168 valence electrons. The van der Waals surface area contributed by atoms with Gasteiger partial charge in [0.15, 0.2) is 0 Å². The first kappa shape index (κ1) is 28.3. The van der Waals surface area contributed by atoms with E-state index in [0.717, 1.165) is 12.8 Å². The minimum Gasteiger partial charge on any atom is -0.466 e. The summed E-state index contributed by atoms with van der Waals surface area (Å²) in [5.74, 6) is -0.285. The molecule has 1 unspecified atom stereocenters. The molecule has 0 aromatic heterocycles. The normalized spacial score (nSPS) is 12.9. The average Bonchev–Trinajstić information content (AvgIpc) is 2.64. The molecule has 0 aromatic carbocycles.